The predicted octanol–water partition coefficient (Wildman–Crippen LogP) is 3.91. The number of rotatable bonds is 5. The van der Waals surface area contributed by atoms with E-state index in [0.29, 0.717) is 17.5 Å². The Hall–Kier alpha value is -0.280. The quantitative estimate of drug-likeness (QED) is 0.763. The highest BCUT2D eigenvalue weighted by Gasteiger charge is 2.24. The second-order valence-electron chi connectivity index (χ2n) is 3.91. The van der Waals surface area contributed by atoms with E-state index in [0.717, 1.165) is 15.8 Å². The van der Waals surface area contributed by atoms with E-state index in [9.17, 15) is 4.79 Å². The molecule has 0 atom stereocenters. The van der Waals surface area contributed by atoms with Gasteiger partial charge in [0.25, 0.3) is 0 Å². The molecule has 3 heteroatoms. The molecule has 1 aliphatic carbocycles. The maximum Gasteiger partial charge on any atom is 0.143 e. The Morgan fingerprint density at radius 3 is 2.80 bits per heavy atom. The number of carbonyl (C=O) groups excluding carboxylic acids is 1. The first-order valence-corrected chi connectivity index (χ1v) is 6.92. The molecular weight excluding hydrogens is 272 g/mol. The van der Waals surface area contributed by atoms with Gasteiger partial charge in [0.1, 0.15) is 5.78 Å². The van der Waals surface area contributed by atoms with Crippen LogP contribution in [0.3, 0.4) is 0 Å². The van der Waals surface area contributed by atoms with Crippen molar-refractivity contribution in [1.29, 1.82) is 0 Å². The second kappa shape index (κ2) is 5.17. The van der Waals surface area contributed by atoms with Gasteiger partial charge in [-0.05, 0) is 46.8 Å². The summed E-state index contributed by atoms with van der Waals surface area (Å²) in [4.78, 5) is 12.7. The lowest BCUT2D eigenvalue weighted by Crippen LogP contribution is -2.01. The van der Waals surface area contributed by atoms with Crippen LogP contribution in [0.1, 0.15) is 19.3 Å². The highest BCUT2D eigenvalue weighted by Crippen LogP contribution is 2.34. The molecule has 1 saturated carbocycles. The van der Waals surface area contributed by atoms with Gasteiger partial charge in [-0.3, -0.25) is 4.79 Å². The van der Waals surface area contributed by atoms with E-state index >= 15 is 0 Å². The van der Waals surface area contributed by atoms with E-state index in [-0.39, 0.29) is 0 Å². The fourth-order valence-electron chi connectivity index (χ4n) is 1.42. The minimum absolute atomic E-state index is 0.387. The average molecular weight is 285 g/mol. The molecule has 1 aromatic rings. The fraction of sp³-hybridized carbons (Fsp3) is 0.417. The first kappa shape index (κ1) is 11.2. The number of hydrogen-bond acceptors (Lipinski definition) is 2. The molecular formula is C12H13BrOS. The first-order chi connectivity index (χ1) is 7.25. The van der Waals surface area contributed by atoms with Crippen molar-refractivity contribution in [2.75, 3.05) is 5.75 Å². The van der Waals surface area contributed by atoms with Gasteiger partial charge in [0.2, 0.25) is 0 Å². The summed E-state index contributed by atoms with van der Waals surface area (Å²) in [5.74, 6) is 1.70. The molecule has 1 aliphatic rings. The van der Waals surface area contributed by atoms with Crippen LogP contribution in [0.2, 0.25) is 0 Å². The zero-order valence-corrected chi connectivity index (χ0v) is 10.8. The van der Waals surface area contributed by atoms with Crippen molar-refractivity contribution in [3.8, 4) is 0 Å². The van der Waals surface area contributed by atoms with Crippen LogP contribution < -0.4 is 0 Å². The Bertz CT molecular complexity index is 360. The van der Waals surface area contributed by atoms with Crippen molar-refractivity contribution in [3.63, 3.8) is 0 Å². The molecule has 0 aliphatic heterocycles. The summed E-state index contributed by atoms with van der Waals surface area (Å²) in [6, 6.07) is 8.03. The molecule has 0 aromatic heterocycles. The van der Waals surface area contributed by atoms with Crippen molar-refractivity contribution < 1.29 is 4.79 Å². The van der Waals surface area contributed by atoms with Crippen molar-refractivity contribution in [2.45, 2.75) is 24.2 Å². The molecule has 15 heavy (non-hydrogen) atoms. The van der Waals surface area contributed by atoms with Crippen molar-refractivity contribution in [3.05, 3.63) is 28.7 Å². The van der Waals surface area contributed by atoms with Crippen LogP contribution in [0.15, 0.2) is 33.6 Å². The normalized spacial score (nSPS) is 15.3. The number of benzene rings is 1. The molecule has 80 valence electrons. The molecule has 0 spiro atoms. The van der Waals surface area contributed by atoms with E-state index in [1.54, 1.807) is 11.8 Å². The minimum atomic E-state index is 0.387. The standard InChI is InChI=1S/C12H13BrOS/c13-11-3-1-2-4-12(11)15-8-10(14)7-9-5-6-9/h1-4,9H,5-8H2. The Morgan fingerprint density at radius 2 is 2.13 bits per heavy atom. The first-order valence-electron chi connectivity index (χ1n) is 5.15. The van der Waals surface area contributed by atoms with E-state index in [4.69, 9.17) is 0 Å². The average Bonchev–Trinajstić information content (AvgIpc) is 3.00. The molecule has 0 amide bonds. The second-order valence-corrected chi connectivity index (χ2v) is 5.78. The summed E-state index contributed by atoms with van der Waals surface area (Å²) in [6.45, 7) is 0. The summed E-state index contributed by atoms with van der Waals surface area (Å²) in [5, 5.41) is 0. The van der Waals surface area contributed by atoms with Crippen LogP contribution in [0.25, 0.3) is 0 Å². The summed E-state index contributed by atoms with van der Waals surface area (Å²) < 4.78 is 1.08. The maximum atomic E-state index is 11.5. The smallest absolute Gasteiger partial charge is 0.143 e. The maximum absolute atomic E-state index is 11.5. The van der Waals surface area contributed by atoms with Gasteiger partial charge >= 0.3 is 0 Å². The van der Waals surface area contributed by atoms with Crippen molar-refractivity contribution >= 4 is 33.5 Å². The van der Waals surface area contributed by atoms with Gasteiger partial charge in [0, 0.05) is 15.8 Å². The molecule has 0 unspecified atom stereocenters. The van der Waals surface area contributed by atoms with Crippen molar-refractivity contribution in [2.24, 2.45) is 5.92 Å². The van der Waals surface area contributed by atoms with Gasteiger partial charge in [-0.15, -0.1) is 11.8 Å². The van der Waals surface area contributed by atoms with Crippen LogP contribution in [0.4, 0.5) is 0 Å². The Kier molecular flexibility index (Phi) is 3.87. The molecule has 0 bridgehead atoms. The minimum Gasteiger partial charge on any atom is -0.299 e. The SMILES string of the molecule is O=C(CSc1ccccc1Br)CC1CC1. The molecule has 0 radical (unpaired) electrons. The number of Topliss-reactive ketones (excluding diaryl/α,β-unsaturated/α-hetero) is 1. The van der Waals surface area contributed by atoms with E-state index < -0.39 is 0 Å². The zero-order chi connectivity index (χ0) is 10.7. The summed E-state index contributed by atoms with van der Waals surface area (Å²) in [7, 11) is 0. The molecule has 2 rings (SSSR count). The lowest BCUT2D eigenvalue weighted by molar-refractivity contribution is -0.116. The predicted molar refractivity (Wildman–Crippen MR) is 67.2 cm³/mol. The van der Waals surface area contributed by atoms with E-state index in [1.165, 1.54) is 12.8 Å². The highest BCUT2D eigenvalue weighted by atomic mass is 79.9. The van der Waals surface area contributed by atoms with Gasteiger partial charge in [0.05, 0.1) is 5.75 Å². The molecule has 1 aromatic carbocycles. The molecule has 0 N–H and O–H groups in total. The van der Waals surface area contributed by atoms with Gasteiger partial charge in [-0.2, -0.15) is 0 Å². The van der Waals surface area contributed by atoms with E-state index in [2.05, 4.69) is 15.9 Å². The molecule has 1 fully saturated rings. The third-order valence-electron chi connectivity index (χ3n) is 2.44. The zero-order valence-electron chi connectivity index (χ0n) is 8.41. The number of ketones is 1. The summed E-state index contributed by atoms with van der Waals surface area (Å²) >= 11 is 5.11. The lowest BCUT2D eigenvalue weighted by atomic mass is 10.2. The van der Waals surface area contributed by atoms with Crippen LogP contribution in [-0.4, -0.2) is 11.5 Å². The molecule has 0 saturated heterocycles. The van der Waals surface area contributed by atoms with Gasteiger partial charge < -0.3 is 0 Å². The monoisotopic (exact) mass is 284 g/mol. The number of halogens is 1. The number of thioether (sulfide) groups is 1. The van der Waals surface area contributed by atoms with Crippen LogP contribution in [0.5, 0.6) is 0 Å². The number of hydrogen-bond donors (Lipinski definition) is 0. The van der Waals surface area contributed by atoms with Gasteiger partial charge in [-0.25, -0.2) is 0 Å². The molecule has 1 nitrogen and oxygen atoms in total. The van der Waals surface area contributed by atoms with Gasteiger partial charge in [0.15, 0.2) is 0 Å². The van der Waals surface area contributed by atoms with Gasteiger partial charge in [-0.1, -0.05) is 12.1 Å². The van der Waals surface area contributed by atoms with Crippen molar-refractivity contribution in [1.82, 2.24) is 0 Å². The Labute approximate surface area is 103 Å². The van der Waals surface area contributed by atoms with Crippen LogP contribution >= 0.6 is 27.7 Å². The number of carbonyl (C=O) groups is 1. The third-order valence-corrected chi connectivity index (χ3v) is 4.53. The third kappa shape index (κ3) is 3.65. The van der Waals surface area contributed by atoms with Crippen LogP contribution in [0, 0.1) is 5.92 Å². The highest BCUT2D eigenvalue weighted by molar-refractivity contribution is 9.10. The molecule has 0 heterocycles. The van der Waals surface area contributed by atoms with E-state index in [1.807, 2.05) is 24.3 Å². The summed E-state index contributed by atoms with van der Waals surface area (Å²) in [6.07, 6.45) is 3.30. The Morgan fingerprint density at radius 1 is 1.40 bits per heavy atom. The summed E-state index contributed by atoms with van der Waals surface area (Å²) in [5.41, 5.74) is 0. The topological polar surface area (TPSA) is 17.1 Å². The largest absolute Gasteiger partial charge is 0.299 e. The Balaban J connectivity index is 1.81. The van der Waals surface area contributed by atoms with Crippen LogP contribution in [-0.2, 0) is 4.79 Å². The fourth-order valence-corrected chi connectivity index (χ4v) is 2.87. The lowest BCUT2D eigenvalue weighted by Gasteiger charge is -2.02.